The predicted octanol–water partition coefficient (Wildman–Crippen LogP) is 5.53. The van der Waals surface area contributed by atoms with Gasteiger partial charge in [-0.2, -0.15) is 0 Å². The van der Waals surface area contributed by atoms with Crippen molar-refractivity contribution in [2.75, 3.05) is 22.9 Å². The highest BCUT2D eigenvalue weighted by atomic mass is 32.2. The molecular weight excluding hydrogens is 434 g/mol. The lowest BCUT2D eigenvalue weighted by Gasteiger charge is -2.34. The average Bonchev–Trinajstić information content (AvgIpc) is 3.40. The number of amides is 2. The van der Waals surface area contributed by atoms with Gasteiger partial charge < -0.3 is 0 Å². The van der Waals surface area contributed by atoms with Crippen molar-refractivity contribution in [3.63, 3.8) is 0 Å². The van der Waals surface area contributed by atoms with E-state index < -0.39 is 0 Å². The monoisotopic (exact) mass is 453 g/mol. The second-order valence-electron chi connectivity index (χ2n) is 6.98. The fourth-order valence-corrected chi connectivity index (χ4v) is 5.83. The molecular formula is C21H19N5OS3. The zero-order valence-corrected chi connectivity index (χ0v) is 18.7. The minimum Gasteiger partial charge on any atom is -0.294 e. The third kappa shape index (κ3) is 3.37. The van der Waals surface area contributed by atoms with Crippen LogP contribution in [0.3, 0.4) is 0 Å². The van der Waals surface area contributed by atoms with Crippen molar-refractivity contribution in [1.29, 1.82) is 0 Å². The number of rotatable bonds is 4. The van der Waals surface area contributed by atoms with Crippen molar-refractivity contribution in [3.05, 3.63) is 53.7 Å². The van der Waals surface area contributed by atoms with Crippen LogP contribution in [-0.4, -0.2) is 29.1 Å². The molecule has 2 N–H and O–H groups in total. The summed E-state index contributed by atoms with van der Waals surface area (Å²) in [7, 11) is 0. The summed E-state index contributed by atoms with van der Waals surface area (Å²) < 4.78 is 2.11. The van der Waals surface area contributed by atoms with Gasteiger partial charge in [-0.15, -0.1) is 11.3 Å². The Kier molecular flexibility index (Phi) is 5.20. The predicted molar refractivity (Wildman–Crippen MR) is 127 cm³/mol. The maximum Gasteiger partial charge on any atom is 0.330 e. The van der Waals surface area contributed by atoms with Gasteiger partial charge in [0.15, 0.2) is 5.13 Å². The summed E-state index contributed by atoms with van der Waals surface area (Å²) in [5.41, 5.74) is 6.85. The van der Waals surface area contributed by atoms with Crippen LogP contribution in [0, 0.1) is 6.92 Å². The van der Waals surface area contributed by atoms with Gasteiger partial charge in [-0.25, -0.2) is 14.8 Å². The van der Waals surface area contributed by atoms with E-state index in [0.29, 0.717) is 18.2 Å². The normalized spacial score (nSPS) is 14.7. The lowest BCUT2D eigenvalue weighted by Crippen LogP contribution is -2.49. The van der Waals surface area contributed by atoms with Gasteiger partial charge in [0.05, 0.1) is 25.6 Å². The van der Waals surface area contributed by atoms with Crippen molar-refractivity contribution >= 4 is 61.7 Å². The first-order valence-electron chi connectivity index (χ1n) is 9.51. The number of aromatic nitrogens is 2. The van der Waals surface area contributed by atoms with Crippen LogP contribution in [0.2, 0.25) is 0 Å². The Labute approximate surface area is 186 Å². The quantitative estimate of drug-likeness (QED) is 0.411. The topological polar surface area (TPSA) is 75.4 Å². The van der Waals surface area contributed by atoms with Gasteiger partial charge in [-0.3, -0.25) is 14.9 Å². The zero-order chi connectivity index (χ0) is 20.7. The van der Waals surface area contributed by atoms with Crippen LogP contribution >= 0.6 is 34.6 Å². The molecule has 0 saturated carbocycles. The molecule has 2 aromatic heterocycles. The van der Waals surface area contributed by atoms with Crippen LogP contribution in [0.4, 0.5) is 15.6 Å². The molecule has 3 heterocycles. The number of anilines is 2. The minimum absolute atomic E-state index is 0.0436. The second-order valence-corrected chi connectivity index (χ2v) is 9.74. The average molecular weight is 454 g/mol. The molecule has 6 nitrogen and oxygen atoms in total. The number of hydrogen-bond acceptors (Lipinski definition) is 7. The summed E-state index contributed by atoms with van der Waals surface area (Å²) in [5, 5.41) is 6.42. The fourth-order valence-electron chi connectivity index (χ4n) is 3.67. The molecule has 1 aliphatic rings. The van der Waals surface area contributed by atoms with Crippen LogP contribution in [0.25, 0.3) is 21.3 Å². The summed E-state index contributed by atoms with van der Waals surface area (Å²) in [6.45, 7) is 3.28. The van der Waals surface area contributed by atoms with Crippen molar-refractivity contribution in [3.8, 4) is 11.1 Å². The summed E-state index contributed by atoms with van der Waals surface area (Å²) in [6.07, 6.45) is 0.884. The number of carbonyl (C=O) groups excluding carboxylic acids is 1. The number of aryl methyl sites for hydroxylation is 1. The molecule has 0 spiro atoms. The van der Waals surface area contributed by atoms with Gasteiger partial charge in [0, 0.05) is 24.3 Å². The van der Waals surface area contributed by atoms with Crippen LogP contribution in [-0.2, 0) is 0 Å². The number of hydrogen-bond donors (Lipinski definition) is 1. The van der Waals surface area contributed by atoms with Gasteiger partial charge in [0.2, 0.25) is 0 Å². The maximum absolute atomic E-state index is 13.2. The van der Waals surface area contributed by atoms with Gasteiger partial charge in [0.1, 0.15) is 0 Å². The molecule has 5 rings (SSSR count). The summed E-state index contributed by atoms with van der Waals surface area (Å²) in [6, 6.07) is 14.3. The first kappa shape index (κ1) is 19.5. The van der Waals surface area contributed by atoms with Crippen LogP contribution in [0.1, 0.15) is 12.1 Å². The van der Waals surface area contributed by atoms with Crippen molar-refractivity contribution in [1.82, 2.24) is 9.97 Å². The summed E-state index contributed by atoms with van der Waals surface area (Å²) >= 11 is 4.29. The Balaban J connectivity index is 1.42. The van der Waals surface area contributed by atoms with E-state index in [2.05, 4.69) is 40.3 Å². The van der Waals surface area contributed by atoms with Crippen LogP contribution < -0.4 is 14.9 Å². The van der Waals surface area contributed by atoms with Crippen LogP contribution in [0.15, 0.2) is 52.2 Å². The van der Waals surface area contributed by atoms with E-state index in [-0.39, 0.29) is 6.03 Å². The second kappa shape index (κ2) is 7.99. The van der Waals surface area contributed by atoms with E-state index in [1.807, 2.05) is 29.5 Å². The molecule has 0 radical (unpaired) electrons. The first-order valence-corrected chi connectivity index (χ1v) is 12.1. The fraction of sp³-hybridized carbons (Fsp3) is 0.190. The molecule has 0 unspecified atom stereocenters. The number of carbonyl (C=O) groups is 1. The number of urea groups is 1. The first-order chi connectivity index (χ1) is 14.7. The number of nitrogens with zero attached hydrogens (tertiary/aromatic N) is 4. The van der Waals surface area contributed by atoms with Gasteiger partial charge in [-0.1, -0.05) is 35.6 Å². The molecule has 2 aromatic carbocycles. The number of nitrogens with two attached hydrogens (primary N) is 1. The van der Waals surface area contributed by atoms with Crippen molar-refractivity contribution in [2.24, 2.45) is 5.14 Å². The molecule has 0 atom stereocenters. The Morgan fingerprint density at radius 2 is 1.90 bits per heavy atom. The standard InChI is InChI=1S/C21H19N5OS3/c1-13-19(30-22)29-20(24-13)26-11-3-10-25(21(26)27)15-8-6-14(7-9-15)16-4-2-5-17-18(16)23-12-28-17/h2,4-9,12H,3,10-11,22H2,1H3. The van der Waals surface area contributed by atoms with Crippen molar-refractivity contribution < 1.29 is 4.79 Å². The number of thiazole rings is 2. The Hall–Kier alpha value is -2.46. The molecule has 1 aliphatic heterocycles. The molecule has 9 heteroatoms. The van der Waals surface area contributed by atoms with E-state index in [9.17, 15) is 4.79 Å². The van der Waals surface area contributed by atoms with E-state index in [1.165, 1.54) is 28.0 Å². The van der Waals surface area contributed by atoms with Crippen LogP contribution in [0.5, 0.6) is 0 Å². The highest BCUT2D eigenvalue weighted by Crippen LogP contribution is 2.35. The molecule has 30 heavy (non-hydrogen) atoms. The maximum atomic E-state index is 13.2. The van der Waals surface area contributed by atoms with Gasteiger partial charge in [0.25, 0.3) is 0 Å². The molecule has 2 amide bonds. The zero-order valence-electron chi connectivity index (χ0n) is 16.2. The molecule has 152 valence electrons. The van der Waals surface area contributed by atoms with Gasteiger partial charge in [-0.05, 0) is 49.1 Å². The van der Waals surface area contributed by atoms with Crippen molar-refractivity contribution in [2.45, 2.75) is 17.6 Å². The smallest absolute Gasteiger partial charge is 0.294 e. The highest BCUT2D eigenvalue weighted by Gasteiger charge is 2.30. The van der Waals surface area contributed by atoms with E-state index in [4.69, 9.17) is 5.14 Å². The third-order valence-electron chi connectivity index (χ3n) is 5.16. The van der Waals surface area contributed by atoms with E-state index in [1.54, 1.807) is 16.2 Å². The summed E-state index contributed by atoms with van der Waals surface area (Å²) in [5.74, 6) is 0. The lowest BCUT2D eigenvalue weighted by molar-refractivity contribution is 0.248. The Bertz CT molecular complexity index is 1220. The van der Waals surface area contributed by atoms with Gasteiger partial charge >= 0.3 is 6.03 Å². The SMILES string of the molecule is Cc1nc(N2CCCN(c3ccc(-c4cccc5scnc45)cc3)C2=O)sc1SN. The van der Waals surface area contributed by atoms with E-state index >= 15 is 0 Å². The Morgan fingerprint density at radius 3 is 2.67 bits per heavy atom. The molecule has 0 bridgehead atoms. The number of fused-ring (bicyclic) bond motifs is 1. The summed E-state index contributed by atoms with van der Waals surface area (Å²) in [4.78, 5) is 25.8. The third-order valence-corrected chi connectivity index (χ3v) is 7.97. The van der Waals surface area contributed by atoms with E-state index in [0.717, 1.165) is 38.7 Å². The largest absolute Gasteiger partial charge is 0.330 e. The Morgan fingerprint density at radius 1 is 1.10 bits per heavy atom. The molecule has 0 aliphatic carbocycles. The molecule has 1 saturated heterocycles. The highest BCUT2D eigenvalue weighted by molar-refractivity contribution is 7.99. The number of para-hydroxylation sites is 1. The number of benzene rings is 2. The molecule has 4 aromatic rings. The lowest BCUT2D eigenvalue weighted by atomic mass is 10.0. The molecule has 1 fully saturated rings. The minimum atomic E-state index is -0.0436.